The Morgan fingerprint density at radius 2 is 1.96 bits per heavy atom. The van der Waals surface area contributed by atoms with E-state index in [1.807, 2.05) is 6.07 Å². The lowest BCUT2D eigenvalue weighted by molar-refractivity contribution is -0.904. The average Bonchev–Trinajstić information content (AvgIpc) is 3.04. The average molecular weight is 360 g/mol. The lowest BCUT2D eigenvalue weighted by atomic mass is 10.1. The van der Waals surface area contributed by atoms with Gasteiger partial charge in [0.25, 0.3) is 0 Å². The third-order valence-electron chi connectivity index (χ3n) is 4.93. The summed E-state index contributed by atoms with van der Waals surface area (Å²) in [7, 11) is 2.90. The maximum Gasteiger partial charge on any atom is 0.356 e. The molecular weight excluding hydrogens is 334 g/mol. The van der Waals surface area contributed by atoms with Gasteiger partial charge in [-0.3, -0.25) is 4.79 Å². The summed E-state index contributed by atoms with van der Waals surface area (Å²) in [6, 6.07) is 5.41. The lowest BCUT2D eigenvalue weighted by Gasteiger charge is -2.23. The van der Waals surface area contributed by atoms with Crippen LogP contribution in [0, 0.1) is 0 Å². The fraction of sp³-hybridized carbons (Fsp3) is 0.474. The van der Waals surface area contributed by atoms with Crippen LogP contribution in [0.4, 0.5) is 5.69 Å². The smallest absolute Gasteiger partial charge is 0.356 e. The highest BCUT2D eigenvalue weighted by Gasteiger charge is 2.21. The number of anilines is 1. The van der Waals surface area contributed by atoms with Gasteiger partial charge < -0.3 is 24.7 Å². The Labute approximate surface area is 152 Å². The Balaban J connectivity index is 1.78. The quantitative estimate of drug-likeness (QED) is 0.679. The summed E-state index contributed by atoms with van der Waals surface area (Å²) in [5.74, 6) is 0.0591. The minimum Gasteiger partial charge on any atom is -0.497 e. The highest BCUT2D eigenvalue weighted by Crippen LogP contribution is 2.31. The van der Waals surface area contributed by atoms with Crippen LogP contribution in [0.3, 0.4) is 0 Å². The van der Waals surface area contributed by atoms with Gasteiger partial charge >= 0.3 is 5.97 Å². The number of fused-ring (bicyclic) bond motifs is 1. The maximum atomic E-state index is 12.5. The summed E-state index contributed by atoms with van der Waals surface area (Å²) >= 11 is 0. The fourth-order valence-corrected chi connectivity index (χ4v) is 3.48. The molecule has 26 heavy (non-hydrogen) atoms. The van der Waals surface area contributed by atoms with Crippen molar-refractivity contribution in [2.24, 2.45) is 0 Å². The molecule has 3 rings (SSSR count). The number of quaternary nitrogens is 1. The van der Waals surface area contributed by atoms with Gasteiger partial charge in [-0.05, 0) is 31.4 Å². The number of hydrogen-bond acceptors (Lipinski definition) is 4. The molecule has 0 bridgehead atoms. The molecule has 140 valence electrons. The topological polar surface area (TPSA) is 84.9 Å². The number of aromatic amines is 1. The van der Waals surface area contributed by atoms with Gasteiger partial charge in [-0.15, -0.1) is 0 Å². The zero-order valence-corrected chi connectivity index (χ0v) is 15.3. The highest BCUT2D eigenvalue weighted by molar-refractivity contribution is 6.11. The minimum absolute atomic E-state index is 0.0926. The van der Waals surface area contributed by atoms with Crippen LogP contribution in [0.5, 0.6) is 5.75 Å². The van der Waals surface area contributed by atoms with E-state index < -0.39 is 5.97 Å². The Hall–Kier alpha value is -2.54. The van der Waals surface area contributed by atoms with E-state index in [9.17, 15) is 9.59 Å². The second kappa shape index (κ2) is 8.23. The molecule has 2 heterocycles. The van der Waals surface area contributed by atoms with Gasteiger partial charge in [-0.1, -0.05) is 0 Å². The van der Waals surface area contributed by atoms with E-state index in [1.165, 1.54) is 31.3 Å². The summed E-state index contributed by atoms with van der Waals surface area (Å²) in [4.78, 5) is 29.1. The van der Waals surface area contributed by atoms with Crippen LogP contribution >= 0.6 is 0 Å². The molecule has 0 saturated carbocycles. The van der Waals surface area contributed by atoms with Crippen LogP contribution in [0.1, 0.15) is 36.2 Å². The van der Waals surface area contributed by atoms with Gasteiger partial charge in [0.15, 0.2) is 0 Å². The van der Waals surface area contributed by atoms with E-state index in [4.69, 9.17) is 9.47 Å². The van der Waals surface area contributed by atoms with Gasteiger partial charge in [0.05, 0.1) is 51.5 Å². The second-order valence-corrected chi connectivity index (χ2v) is 6.64. The molecule has 2 aromatic rings. The number of hydrogen-bond donors (Lipinski definition) is 3. The predicted molar refractivity (Wildman–Crippen MR) is 98.9 cm³/mol. The summed E-state index contributed by atoms with van der Waals surface area (Å²) in [6.45, 7) is 3.08. The predicted octanol–water partition coefficient (Wildman–Crippen LogP) is 1.36. The van der Waals surface area contributed by atoms with Crippen molar-refractivity contribution in [3.8, 4) is 5.75 Å². The molecule has 0 aliphatic carbocycles. The first kappa shape index (κ1) is 18.3. The molecule has 0 spiro atoms. The van der Waals surface area contributed by atoms with Crippen molar-refractivity contribution in [3.05, 3.63) is 23.9 Å². The molecule has 1 aromatic carbocycles. The number of H-pyrrole nitrogens is 1. The number of aromatic nitrogens is 1. The number of piperidine rings is 1. The van der Waals surface area contributed by atoms with Gasteiger partial charge in [0.1, 0.15) is 11.4 Å². The number of benzene rings is 1. The molecule has 1 aliphatic heterocycles. The molecule has 1 saturated heterocycles. The van der Waals surface area contributed by atoms with Gasteiger partial charge in [-0.2, -0.15) is 0 Å². The number of likely N-dealkylation sites (tertiary alicyclic amines) is 1. The first-order chi connectivity index (χ1) is 12.6. The van der Waals surface area contributed by atoms with E-state index in [-0.39, 0.29) is 11.6 Å². The molecule has 7 nitrogen and oxygen atoms in total. The van der Waals surface area contributed by atoms with Gasteiger partial charge in [0.2, 0.25) is 5.91 Å². The fourth-order valence-electron chi connectivity index (χ4n) is 3.48. The molecule has 0 atom stereocenters. The van der Waals surface area contributed by atoms with Crippen molar-refractivity contribution >= 4 is 28.5 Å². The van der Waals surface area contributed by atoms with Crippen molar-refractivity contribution in [3.63, 3.8) is 0 Å². The Bertz CT molecular complexity index is 793. The van der Waals surface area contributed by atoms with Crippen LogP contribution in [0.15, 0.2) is 18.2 Å². The number of carbonyl (C=O) groups is 2. The molecule has 0 radical (unpaired) electrons. The van der Waals surface area contributed by atoms with Crippen LogP contribution < -0.4 is 15.0 Å². The molecular formula is C19H26N3O4+. The maximum absolute atomic E-state index is 12.5. The van der Waals surface area contributed by atoms with E-state index in [1.54, 1.807) is 19.2 Å². The van der Waals surface area contributed by atoms with Crippen molar-refractivity contribution in [1.82, 2.24) is 4.98 Å². The van der Waals surface area contributed by atoms with Crippen molar-refractivity contribution in [1.29, 1.82) is 0 Å². The first-order valence-electron chi connectivity index (χ1n) is 9.04. The van der Waals surface area contributed by atoms with Gasteiger partial charge in [0, 0.05) is 11.5 Å². The third-order valence-corrected chi connectivity index (χ3v) is 4.93. The Kier molecular flexibility index (Phi) is 5.78. The number of esters is 1. The molecule has 0 unspecified atom stereocenters. The van der Waals surface area contributed by atoms with Crippen LogP contribution in [-0.2, 0) is 9.53 Å². The first-order valence-corrected chi connectivity index (χ1v) is 9.04. The second-order valence-electron chi connectivity index (χ2n) is 6.64. The van der Waals surface area contributed by atoms with Crippen LogP contribution in [-0.4, -0.2) is 50.7 Å². The van der Waals surface area contributed by atoms with E-state index in [0.29, 0.717) is 23.4 Å². The number of methoxy groups -OCH3 is 2. The highest BCUT2D eigenvalue weighted by atomic mass is 16.5. The molecule has 1 fully saturated rings. The summed E-state index contributed by atoms with van der Waals surface area (Å²) in [6.07, 6.45) is 4.18. The largest absolute Gasteiger partial charge is 0.497 e. The molecule has 3 N–H and O–H groups in total. The standard InChI is InChI=1S/C19H25N3O4/c1-25-13-6-7-14-15(12-13)20-18(19(24)26-2)17(14)21-16(23)8-11-22-9-4-3-5-10-22/h6-7,12,20H,3-5,8-11H2,1-2H3,(H,21,23)/p+1. The number of ether oxygens (including phenoxy) is 2. The lowest BCUT2D eigenvalue weighted by Crippen LogP contribution is -3.12. The molecule has 7 heteroatoms. The van der Waals surface area contributed by atoms with E-state index >= 15 is 0 Å². The van der Waals surface area contributed by atoms with Crippen molar-refractivity contribution in [2.45, 2.75) is 25.7 Å². The van der Waals surface area contributed by atoms with Gasteiger partial charge in [-0.25, -0.2) is 4.79 Å². The Morgan fingerprint density at radius 3 is 2.65 bits per heavy atom. The van der Waals surface area contributed by atoms with Crippen LogP contribution in [0.25, 0.3) is 10.9 Å². The Morgan fingerprint density at radius 1 is 1.19 bits per heavy atom. The van der Waals surface area contributed by atoms with E-state index in [0.717, 1.165) is 25.0 Å². The number of nitrogens with one attached hydrogen (secondary N) is 3. The number of rotatable bonds is 6. The molecule has 1 amide bonds. The van der Waals surface area contributed by atoms with Crippen molar-refractivity contribution < 1.29 is 24.0 Å². The zero-order valence-electron chi connectivity index (χ0n) is 15.3. The van der Waals surface area contributed by atoms with Crippen molar-refractivity contribution in [2.75, 3.05) is 39.2 Å². The van der Waals surface area contributed by atoms with Crippen LogP contribution in [0.2, 0.25) is 0 Å². The molecule has 1 aliphatic rings. The normalized spacial score (nSPS) is 15.0. The number of carbonyl (C=O) groups excluding carboxylic acids is 2. The summed E-state index contributed by atoms with van der Waals surface area (Å²) in [5.41, 5.74) is 1.42. The monoisotopic (exact) mass is 360 g/mol. The molecule has 1 aromatic heterocycles. The minimum atomic E-state index is -0.517. The SMILES string of the molecule is COC(=O)c1[nH]c2cc(OC)ccc2c1NC(=O)CC[NH+]1CCCCC1. The summed E-state index contributed by atoms with van der Waals surface area (Å²) in [5, 5.41) is 3.66. The zero-order chi connectivity index (χ0) is 18.5. The third kappa shape index (κ3) is 3.99. The van der Waals surface area contributed by atoms with E-state index in [2.05, 4.69) is 10.3 Å². The number of amides is 1. The summed E-state index contributed by atoms with van der Waals surface area (Å²) < 4.78 is 10.1.